The normalized spacial score (nSPS) is 18.5. The Hall–Kier alpha value is -6.52. The van der Waals surface area contributed by atoms with Crippen LogP contribution in [0.2, 0.25) is 0 Å². The molecule has 0 unspecified atom stereocenters. The zero-order chi connectivity index (χ0) is 42.2. The molecule has 17 heteroatoms. The number of H-pyrrole nitrogens is 1. The average molecular weight is 816 g/mol. The minimum atomic E-state index is -0.727. The Morgan fingerprint density at radius 2 is 1.28 bits per heavy atom. The van der Waals surface area contributed by atoms with Crippen molar-refractivity contribution in [2.75, 3.05) is 27.3 Å². The van der Waals surface area contributed by atoms with E-state index in [-0.39, 0.29) is 35.7 Å². The van der Waals surface area contributed by atoms with E-state index in [1.165, 1.54) is 14.2 Å². The molecule has 3 aliphatic heterocycles. The number of ether oxygens (including phenoxy) is 2. The second-order valence-electron chi connectivity index (χ2n) is 16.2. The number of aromatic amines is 1. The lowest BCUT2D eigenvalue weighted by molar-refractivity contribution is -0.135. The van der Waals surface area contributed by atoms with Crippen molar-refractivity contribution in [3.63, 3.8) is 0 Å². The van der Waals surface area contributed by atoms with Crippen LogP contribution in [0.1, 0.15) is 70.9 Å². The van der Waals surface area contributed by atoms with Gasteiger partial charge in [-0.05, 0) is 60.4 Å². The van der Waals surface area contributed by atoms with Crippen LogP contribution >= 0.6 is 0 Å². The minimum Gasteiger partial charge on any atom is -0.453 e. The Bertz CT molecular complexity index is 2520. The van der Waals surface area contributed by atoms with E-state index in [0.29, 0.717) is 48.1 Å². The lowest BCUT2D eigenvalue weighted by atomic mass is 10.0. The van der Waals surface area contributed by atoms with Crippen LogP contribution < -0.4 is 10.6 Å². The molecule has 0 bridgehead atoms. The molecule has 3 N–H and O–H groups in total. The Labute approximate surface area is 346 Å². The summed E-state index contributed by atoms with van der Waals surface area (Å²) in [6, 6.07) is 10.3. The van der Waals surface area contributed by atoms with Crippen LogP contribution in [0.3, 0.4) is 0 Å². The molecular weight excluding hydrogens is 767 g/mol. The Morgan fingerprint density at radius 3 is 1.87 bits per heavy atom. The number of carbonyl (C=O) groups is 4. The molecule has 6 heterocycles. The van der Waals surface area contributed by atoms with Gasteiger partial charge in [0.2, 0.25) is 11.8 Å². The van der Waals surface area contributed by atoms with Crippen LogP contribution in [0.25, 0.3) is 44.6 Å². The van der Waals surface area contributed by atoms with Gasteiger partial charge in [0, 0.05) is 36.3 Å². The van der Waals surface area contributed by atoms with Gasteiger partial charge in [0.25, 0.3) is 0 Å². The van der Waals surface area contributed by atoms with E-state index in [2.05, 4.69) is 37.7 Å². The molecule has 312 valence electrons. The van der Waals surface area contributed by atoms with Gasteiger partial charge in [0.1, 0.15) is 17.9 Å². The molecule has 60 heavy (non-hydrogen) atoms. The van der Waals surface area contributed by atoms with Gasteiger partial charge in [0.05, 0.1) is 55.8 Å². The molecular formula is C43H49N11O6. The topological polar surface area (TPSA) is 210 Å². The Kier molecular flexibility index (Phi) is 11.2. The number of methoxy groups -OCH3 is 2. The third-order valence-electron chi connectivity index (χ3n) is 11.6. The summed E-state index contributed by atoms with van der Waals surface area (Å²) < 4.78 is 9.54. The molecule has 0 saturated carbocycles. The number of nitrogens with one attached hydrogen (secondary N) is 3. The van der Waals surface area contributed by atoms with Crippen molar-refractivity contribution in [3.8, 4) is 22.5 Å². The summed E-state index contributed by atoms with van der Waals surface area (Å²) >= 11 is 0. The number of nitrogens with zero attached hydrogens (tertiary/aromatic N) is 8. The van der Waals surface area contributed by atoms with Crippen molar-refractivity contribution in [2.24, 2.45) is 16.8 Å². The van der Waals surface area contributed by atoms with Crippen molar-refractivity contribution in [1.82, 2.24) is 50.3 Å². The van der Waals surface area contributed by atoms with E-state index in [4.69, 9.17) is 29.4 Å². The maximum absolute atomic E-state index is 13.7. The smallest absolute Gasteiger partial charge is 0.407 e. The highest BCUT2D eigenvalue weighted by molar-refractivity contribution is 6.00. The number of amides is 4. The molecule has 2 saturated heterocycles. The summed E-state index contributed by atoms with van der Waals surface area (Å²) in [5.41, 5.74) is 5.80. The number of hydrogen-bond acceptors (Lipinski definition) is 12. The third kappa shape index (κ3) is 7.82. The monoisotopic (exact) mass is 815 g/mol. The van der Waals surface area contributed by atoms with E-state index in [0.717, 1.165) is 64.7 Å². The van der Waals surface area contributed by atoms with Gasteiger partial charge >= 0.3 is 12.2 Å². The van der Waals surface area contributed by atoms with Crippen molar-refractivity contribution < 1.29 is 28.7 Å². The second-order valence-corrected chi connectivity index (χ2v) is 16.2. The number of benzene rings is 2. The van der Waals surface area contributed by atoms with Crippen LogP contribution in [0.15, 0.2) is 53.8 Å². The molecule has 4 atom stereocenters. The number of fused-ring (bicyclic) bond motifs is 3. The molecule has 3 aliphatic rings. The van der Waals surface area contributed by atoms with E-state index in [9.17, 15) is 19.2 Å². The van der Waals surface area contributed by atoms with E-state index >= 15 is 0 Å². The molecule has 0 spiro atoms. The molecule has 8 rings (SSSR count). The van der Waals surface area contributed by atoms with Gasteiger partial charge in [-0.1, -0.05) is 52.0 Å². The van der Waals surface area contributed by atoms with E-state index < -0.39 is 24.3 Å². The fourth-order valence-corrected chi connectivity index (χ4v) is 8.43. The molecule has 2 fully saturated rings. The zero-order valence-corrected chi connectivity index (χ0v) is 34.6. The lowest BCUT2D eigenvalue weighted by Gasteiger charge is -2.30. The quantitative estimate of drug-likeness (QED) is 0.156. The standard InChI is InChI=1S/C43H49N11O6/c1-22(2)34(49-42(57)59-5)40(55)53-15-7-9-32(53)28-19-29-36(47-28)44-20-30(46-29)26-13-11-25-18-27(14-12-24(25)17-26)31-21-45-38-39(48-31)52-37(51-38)33-10-8-16-54(33)41(56)35(23(3)4)50-43(58)60-6/h11-14,17-18,20-23,32-35H,7-10,15-16,19H2,1-6H3,(H,49,57)(H,50,58)(H,45,48,51,52)/t32-,33+,34-,35-/m0/s1. The molecule has 0 radical (unpaired) electrons. The summed E-state index contributed by atoms with van der Waals surface area (Å²) in [6.45, 7) is 8.70. The number of likely N-dealkylation sites (tertiary alicyclic amines) is 2. The van der Waals surface area contributed by atoms with Crippen LogP contribution in [0, 0.1) is 11.8 Å². The molecule has 17 nitrogen and oxygen atoms in total. The van der Waals surface area contributed by atoms with Gasteiger partial charge in [-0.15, -0.1) is 0 Å². The molecule has 4 amide bonds. The second kappa shape index (κ2) is 16.6. The zero-order valence-electron chi connectivity index (χ0n) is 34.6. The van der Waals surface area contributed by atoms with Gasteiger partial charge in [-0.25, -0.2) is 39.5 Å². The average Bonchev–Trinajstić information content (AvgIpc) is 4.08. The van der Waals surface area contributed by atoms with Crippen LogP contribution in [0.4, 0.5) is 15.4 Å². The summed E-state index contributed by atoms with van der Waals surface area (Å²) in [5, 5.41) is 7.41. The number of aromatic nitrogens is 6. The predicted octanol–water partition coefficient (Wildman–Crippen LogP) is 5.67. The first kappa shape index (κ1) is 40.3. The largest absolute Gasteiger partial charge is 0.453 e. The molecule has 0 aliphatic carbocycles. The Morgan fingerprint density at radius 1 is 0.733 bits per heavy atom. The third-order valence-corrected chi connectivity index (χ3v) is 11.6. The first-order chi connectivity index (χ1) is 28.9. The number of hydrogen-bond donors (Lipinski definition) is 3. The van der Waals surface area contributed by atoms with Gasteiger partial charge < -0.3 is 34.9 Å². The van der Waals surface area contributed by atoms with Gasteiger partial charge in [-0.3, -0.25) is 9.59 Å². The fourth-order valence-electron chi connectivity index (χ4n) is 8.43. The first-order valence-electron chi connectivity index (χ1n) is 20.4. The highest BCUT2D eigenvalue weighted by Crippen LogP contribution is 2.35. The van der Waals surface area contributed by atoms with Crippen molar-refractivity contribution in [2.45, 2.75) is 84.0 Å². The molecule has 5 aromatic rings. The summed E-state index contributed by atoms with van der Waals surface area (Å²) in [5.74, 6) is 0.595. The van der Waals surface area contributed by atoms with Crippen LogP contribution in [-0.4, -0.2) is 115 Å². The molecule has 3 aromatic heterocycles. The minimum absolute atomic E-state index is 0.118. The van der Waals surface area contributed by atoms with E-state index in [1.807, 2.05) is 56.9 Å². The van der Waals surface area contributed by atoms with Crippen molar-refractivity contribution >= 4 is 57.6 Å². The summed E-state index contributed by atoms with van der Waals surface area (Å²) in [6.07, 6.45) is 5.80. The van der Waals surface area contributed by atoms with Crippen molar-refractivity contribution in [1.29, 1.82) is 0 Å². The van der Waals surface area contributed by atoms with Crippen molar-refractivity contribution in [3.05, 3.63) is 60.3 Å². The van der Waals surface area contributed by atoms with Crippen LogP contribution in [-0.2, 0) is 25.5 Å². The maximum Gasteiger partial charge on any atom is 0.407 e. The summed E-state index contributed by atoms with van der Waals surface area (Å²) in [4.78, 5) is 86.9. The number of rotatable bonds is 10. The van der Waals surface area contributed by atoms with Crippen LogP contribution in [0.5, 0.6) is 0 Å². The fraction of sp³-hybridized carbons (Fsp3) is 0.442. The first-order valence-corrected chi connectivity index (χ1v) is 20.4. The molecule has 2 aromatic carbocycles. The van der Waals surface area contributed by atoms with Gasteiger partial charge in [0.15, 0.2) is 17.1 Å². The maximum atomic E-state index is 13.7. The predicted molar refractivity (Wildman–Crippen MR) is 223 cm³/mol. The highest BCUT2D eigenvalue weighted by atomic mass is 16.5. The van der Waals surface area contributed by atoms with Gasteiger partial charge in [-0.2, -0.15) is 0 Å². The number of carbonyl (C=O) groups excluding carboxylic acids is 4. The lowest BCUT2D eigenvalue weighted by Crippen LogP contribution is -2.53. The summed E-state index contributed by atoms with van der Waals surface area (Å²) in [7, 11) is 2.57. The SMILES string of the molecule is COC(=O)N[C@H](C(=O)N1CCC[C@@H]1c1nc2ncc(-c3ccc4cc(-c5cnc6c(n5)CC([C@@H]5CCCN5C(=O)[C@@H](NC(=O)OC)C(C)C)=N6)ccc4c3)nc2[nH]1)C(C)C. The number of aliphatic imine (C=N–C) groups is 1. The number of alkyl carbamates (subject to hydrolysis) is 2. The Balaban J connectivity index is 0.965. The van der Waals surface area contributed by atoms with E-state index in [1.54, 1.807) is 17.3 Å². The highest BCUT2D eigenvalue weighted by Gasteiger charge is 2.40. The number of imidazole rings is 1.